The van der Waals surface area contributed by atoms with Gasteiger partial charge in [-0.15, -0.1) is 0 Å². The molecule has 0 bridgehead atoms. The second kappa shape index (κ2) is 4.46. The third kappa shape index (κ3) is 1.81. The Hall–Kier alpha value is -2.80. The fourth-order valence-electron chi connectivity index (χ4n) is 2.11. The molecule has 0 atom stereocenters. The predicted molar refractivity (Wildman–Crippen MR) is 75.7 cm³/mol. The first-order valence-corrected chi connectivity index (χ1v) is 5.99. The van der Waals surface area contributed by atoms with E-state index >= 15 is 0 Å². The zero-order chi connectivity index (χ0) is 13.2. The molecule has 4 heteroatoms. The Morgan fingerprint density at radius 3 is 2.53 bits per heavy atom. The van der Waals surface area contributed by atoms with E-state index in [4.69, 9.17) is 0 Å². The van der Waals surface area contributed by atoms with E-state index in [1.165, 1.54) is 0 Å². The largest absolute Gasteiger partial charge is 0.388 e. The molecule has 0 unspecified atom stereocenters. The Bertz CT molecular complexity index is 763. The Balaban J connectivity index is 2.21. The molecule has 2 aromatic carbocycles. The monoisotopic (exact) mass is 248 g/mol. The molecule has 0 saturated heterocycles. The Morgan fingerprint density at radius 2 is 1.84 bits per heavy atom. The van der Waals surface area contributed by atoms with Gasteiger partial charge in [-0.25, -0.2) is 9.55 Å². The number of nitrogens with zero attached hydrogens (tertiary/aromatic N) is 3. The highest BCUT2D eigenvalue weighted by Crippen LogP contribution is 2.24. The van der Waals surface area contributed by atoms with E-state index in [1.54, 1.807) is 4.57 Å². The van der Waals surface area contributed by atoms with Crippen LogP contribution in [0.2, 0.25) is 0 Å². The van der Waals surface area contributed by atoms with Crippen LogP contribution in [-0.2, 0) is 0 Å². The highest BCUT2D eigenvalue weighted by Gasteiger charge is 2.11. The maximum Gasteiger partial charge on any atom is 0.190 e. The van der Waals surface area contributed by atoms with E-state index in [-0.39, 0.29) is 0 Å². The van der Waals surface area contributed by atoms with Crippen molar-refractivity contribution in [2.75, 3.05) is 12.4 Å². The van der Waals surface area contributed by atoms with Gasteiger partial charge >= 0.3 is 0 Å². The van der Waals surface area contributed by atoms with Crippen molar-refractivity contribution in [3.8, 4) is 17.6 Å². The molecule has 0 radical (unpaired) electrons. The highest BCUT2D eigenvalue weighted by molar-refractivity contribution is 5.81. The molecular weight excluding hydrogens is 236 g/mol. The van der Waals surface area contributed by atoms with E-state index in [0.29, 0.717) is 5.82 Å². The lowest BCUT2D eigenvalue weighted by atomic mass is 10.2. The van der Waals surface area contributed by atoms with Crippen molar-refractivity contribution in [2.24, 2.45) is 0 Å². The molecule has 0 amide bonds. The van der Waals surface area contributed by atoms with Gasteiger partial charge in [0.25, 0.3) is 0 Å². The Morgan fingerprint density at radius 1 is 1.11 bits per heavy atom. The summed E-state index contributed by atoms with van der Waals surface area (Å²) in [6, 6.07) is 15.5. The Kier molecular flexibility index (Phi) is 2.66. The molecular formula is C15H12N4. The van der Waals surface area contributed by atoms with Gasteiger partial charge in [0.05, 0.1) is 11.0 Å². The number of nitrogens with one attached hydrogen (secondary N) is 1. The van der Waals surface area contributed by atoms with Crippen molar-refractivity contribution in [3.05, 3.63) is 48.5 Å². The molecule has 0 saturated carbocycles. The van der Waals surface area contributed by atoms with Crippen molar-refractivity contribution in [1.29, 1.82) is 5.26 Å². The SMILES string of the molecule is CNc1ccc(-c2nc3ccccc3n2C#N)cc1. The van der Waals surface area contributed by atoms with Gasteiger partial charge in [-0.2, -0.15) is 5.26 Å². The Labute approximate surface area is 110 Å². The van der Waals surface area contributed by atoms with Crippen LogP contribution >= 0.6 is 0 Å². The number of fused-ring (bicyclic) bond motifs is 1. The lowest BCUT2D eigenvalue weighted by Gasteiger charge is -2.02. The molecule has 3 aromatic rings. The van der Waals surface area contributed by atoms with Crippen molar-refractivity contribution >= 4 is 16.7 Å². The minimum absolute atomic E-state index is 0.673. The predicted octanol–water partition coefficient (Wildman–Crippen LogP) is 3.07. The summed E-state index contributed by atoms with van der Waals surface area (Å²) in [5.41, 5.74) is 3.62. The molecule has 1 N–H and O–H groups in total. The average molecular weight is 248 g/mol. The quantitative estimate of drug-likeness (QED) is 0.758. The van der Waals surface area contributed by atoms with Gasteiger partial charge in [-0.3, -0.25) is 0 Å². The number of benzene rings is 2. The first-order chi connectivity index (χ1) is 9.33. The zero-order valence-electron chi connectivity index (χ0n) is 10.5. The van der Waals surface area contributed by atoms with Crippen molar-refractivity contribution in [2.45, 2.75) is 0 Å². The van der Waals surface area contributed by atoms with Crippen LogP contribution in [0.25, 0.3) is 22.4 Å². The normalized spacial score (nSPS) is 10.3. The number of nitriles is 1. The number of para-hydroxylation sites is 2. The van der Waals surface area contributed by atoms with Gasteiger partial charge in [0.15, 0.2) is 12.0 Å². The van der Waals surface area contributed by atoms with Crippen LogP contribution < -0.4 is 5.32 Å². The van der Waals surface area contributed by atoms with E-state index in [0.717, 1.165) is 22.3 Å². The molecule has 3 rings (SSSR count). The van der Waals surface area contributed by atoms with E-state index in [1.807, 2.05) is 55.6 Å². The molecule has 92 valence electrons. The van der Waals surface area contributed by atoms with Crippen LogP contribution in [0.1, 0.15) is 0 Å². The van der Waals surface area contributed by atoms with Crippen LogP contribution in [0.5, 0.6) is 0 Å². The second-order valence-electron chi connectivity index (χ2n) is 4.19. The van der Waals surface area contributed by atoms with Crippen LogP contribution in [0, 0.1) is 11.5 Å². The fraction of sp³-hybridized carbons (Fsp3) is 0.0667. The molecule has 1 heterocycles. The summed E-state index contributed by atoms with van der Waals surface area (Å²) in [7, 11) is 1.87. The van der Waals surface area contributed by atoms with Crippen molar-refractivity contribution in [1.82, 2.24) is 9.55 Å². The molecule has 0 aliphatic carbocycles. The number of anilines is 1. The zero-order valence-corrected chi connectivity index (χ0v) is 10.5. The standard InChI is InChI=1S/C15H12N4/c1-17-12-8-6-11(7-9-12)15-18-13-4-2-3-5-14(13)19(15)10-16/h2-9,17H,1H3. The van der Waals surface area contributed by atoms with Gasteiger partial charge in [0, 0.05) is 18.3 Å². The highest BCUT2D eigenvalue weighted by atomic mass is 15.1. The molecule has 0 spiro atoms. The van der Waals surface area contributed by atoms with Crippen LogP contribution in [-0.4, -0.2) is 16.6 Å². The number of hydrogen-bond donors (Lipinski definition) is 1. The first-order valence-electron chi connectivity index (χ1n) is 5.99. The average Bonchev–Trinajstić information content (AvgIpc) is 2.85. The number of aromatic nitrogens is 2. The summed E-state index contributed by atoms with van der Waals surface area (Å²) < 4.78 is 1.56. The van der Waals surface area contributed by atoms with Crippen molar-refractivity contribution in [3.63, 3.8) is 0 Å². The van der Waals surface area contributed by atoms with Gasteiger partial charge in [0.1, 0.15) is 0 Å². The minimum atomic E-state index is 0.673. The maximum atomic E-state index is 9.33. The summed E-state index contributed by atoms with van der Waals surface area (Å²) in [6.07, 6.45) is 2.18. The van der Waals surface area contributed by atoms with Gasteiger partial charge in [0.2, 0.25) is 0 Å². The van der Waals surface area contributed by atoms with E-state index < -0.39 is 0 Å². The van der Waals surface area contributed by atoms with Crippen LogP contribution in [0.3, 0.4) is 0 Å². The second-order valence-corrected chi connectivity index (χ2v) is 4.19. The molecule has 0 aliphatic heterocycles. The third-order valence-corrected chi connectivity index (χ3v) is 3.09. The summed E-state index contributed by atoms with van der Waals surface area (Å²) in [4.78, 5) is 4.53. The van der Waals surface area contributed by atoms with Crippen LogP contribution in [0.15, 0.2) is 48.5 Å². The maximum absolute atomic E-state index is 9.33. The summed E-state index contributed by atoms with van der Waals surface area (Å²) >= 11 is 0. The third-order valence-electron chi connectivity index (χ3n) is 3.09. The minimum Gasteiger partial charge on any atom is -0.388 e. The molecule has 0 fully saturated rings. The van der Waals surface area contributed by atoms with E-state index in [9.17, 15) is 5.26 Å². The topological polar surface area (TPSA) is 53.6 Å². The molecule has 1 aromatic heterocycles. The lowest BCUT2D eigenvalue weighted by Crippen LogP contribution is -1.93. The molecule has 4 nitrogen and oxygen atoms in total. The molecule has 19 heavy (non-hydrogen) atoms. The number of rotatable bonds is 2. The van der Waals surface area contributed by atoms with Gasteiger partial charge in [-0.1, -0.05) is 12.1 Å². The number of hydrogen-bond acceptors (Lipinski definition) is 3. The van der Waals surface area contributed by atoms with Crippen LogP contribution in [0.4, 0.5) is 5.69 Å². The van der Waals surface area contributed by atoms with E-state index in [2.05, 4.69) is 16.5 Å². The summed E-state index contributed by atoms with van der Waals surface area (Å²) in [5, 5.41) is 12.4. The van der Waals surface area contributed by atoms with Gasteiger partial charge < -0.3 is 5.32 Å². The van der Waals surface area contributed by atoms with Crippen molar-refractivity contribution < 1.29 is 0 Å². The molecule has 0 aliphatic rings. The smallest absolute Gasteiger partial charge is 0.190 e. The lowest BCUT2D eigenvalue weighted by molar-refractivity contribution is 1.12. The fourth-order valence-corrected chi connectivity index (χ4v) is 2.11. The van der Waals surface area contributed by atoms with Gasteiger partial charge in [-0.05, 0) is 36.4 Å². The number of imidazole rings is 1. The first kappa shape index (κ1) is 11.3. The summed E-state index contributed by atoms with van der Waals surface area (Å²) in [6.45, 7) is 0. The summed E-state index contributed by atoms with van der Waals surface area (Å²) in [5.74, 6) is 0.673.